The first kappa shape index (κ1) is 15.8. The molecule has 0 spiro atoms. The van der Waals surface area contributed by atoms with Crippen LogP contribution in [0.25, 0.3) is 0 Å². The molecule has 4 nitrogen and oxygen atoms in total. The van der Waals surface area contributed by atoms with Crippen LogP contribution in [-0.2, 0) is 0 Å². The molecule has 0 amide bonds. The van der Waals surface area contributed by atoms with E-state index in [9.17, 15) is 0 Å². The topological polar surface area (TPSA) is 47.7 Å². The van der Waals surface area contributed by atoms with Gasteiger partial charge in [-0.25, -0.2) is 0 Å². The van der Waals surface area contributed by atoms with Gasteiger partial charge < -0.3 is 20.1 Å². The quantitative estimate of drug-likeness (QED) is 0.859. The lowest BCUT2D eigenvalue weighted by molar-refractivity contribution is 0.236. The smallest absolute Gasteiger partial charge is 0.127 e. The summed E-state index contributed by atoms with van der Waals surface area (Å²) < 4.78 is 10.7. The number of nitrogens with zero attached hydrogens (tertiary/aromatic N) is 1. The maximum atomic E-state index is 6.17. The number of methoxy groups -OCH3 is 2. The summed E-state index contributed by atoms with van der Waals surface area (Å²) in [6.45, 7) is 4.08. The molecule has 1 aromatic rings. The van der Waals surface area contributed by atoms with E-state index in [4.69, 9.17) is 15.2 Å². The van der Waals surface area contributed by atoms with Crippen LogP contribution in [0.1, 0.15) is 31.9 Å². The lowest BCUT2D eigenvalue weighted by Gasteiger charge is -2.32. The van der Waals surface area contributed by atoms with Crippen LogP contribution in [0.3, 0.4) is 0 Å². The van der Waals surface area contributed by atoms with Gasteiger partial charge in [0, 0.05) is 23.2 Å². The van der Waals surface area contributed by atoms with E-state index in [1.165, 1.54) is 0 Å². The van der Waals surface area contributed by atoms with Gasteiger partial charge in [0.1, 0.15) is 11.5 Å². The lowest BCUT2D eigenvalue weighted by atomic mass is 9.90. The second kappa shape index (κ2) is 6.26. The summed E-state index contributed by atoms with van der Waals surface area (Å²) in [7, 11) is 7.44. The molecule has 0 saturated heterocycles. The van der Waals surface area contributed by atoms with E-state index >= 15 is 0 Å². The van der Waals surface area contributed by atoms with Crippen molar-refractivity contribution in [3.05, 3.63) is 23.8 Å². The fraction of sp³-hybridized carbons (Fsp3) is 0.600. The Morgan fingerprint density at radius 3 is 2.26 bits per heavy atom. The van der Waals surface area contributed by atoms with Gasteiger partial charge in [0.2, 0.25) is 0 Å². The third-order valence-electron chi connectivity index (χ3n) is 3.14. The van der Waals surface area contributed by atoms with Gasteiger partial charge in [-0.2, -0.15) is 0 Å². The summed E-state index contributed by atoms with van der Waals surface area (Å²) in [5.41, 5.74) is 7.06. The average molecular weight is 266 g/mol. The van der Waals surface area contributed by atoms with E-state index in [2.05, 4.69) is 19.0 Å². The molecule has 0 aliphatic carbocycles. The summed E-state index contributed by atoms with van der Waals surface area (Å²) in [6, 6.07) is 6.13. The third kappa shape index (κ3) is 4.40. The van der Waals surface area contributed by atoms with E-state index in [1.54, 1.807) is 14.2 Å². The van der Waals surface area contributed by atoms with Crippen LogP contribution in [0.5, 0.6) is 11.5 Å². The van der Waals surface area contributed by atoms with Crippen LogP contribution in [0.2, 0.25) is 0 Å². The van der Waals surface area contributed by atoms with Crippen molar-refractivity contribution in [1.29, 1.82) is 0 Å². The van der Waals surface area contributed by atoms with Gasteiger partial charge in [-0.15, -0.1) is 0 Å². The van der Waals surface area contributed by atoms with Gasteiger partial charge in [-0.3, -0.25) is 0 Å². The highest BCUT2D eigenvalue weighted by Crippen LogP contribution is 2.35. The van der Waals surface area contributed by atoms with Crippen LogP contribution in [-0.4, -0.2) is 38.8 Å². The molecule has 0 fully saturated rings. The zero-order valence-corrected chi connectivity index (χ0v) is 12.9. The fourth-order valence-corrected chi connectivity index (χ4v) is 2.16. The molecule has 0 heterocycles. The molecule has 1 aromatic carbocycles. The second-order valence-corrected chi connectivity index (χ2v) is 5.78. The molecule has 0 saturated carbocycles. The SMILES string of the molecule is COc1ccc(C(CC(C)(C)N)N(C)C)c(OC)c1. The predicted octanol–water partition coefficient (Wildman–Crippen LogP) is 2.43. The maximum Gasteiger partial charge on any atom is 0.127 e. The van der Waals surface area contributed by atoms with Crippen LogP contribution in [0.4, 0.5) is 0 Å². The molecule has 1 atom stereocenters. The molecule has 19 heavy (non-hydrogen) atoms. The van der Waals surface area contributed by atoms with E-state index in [-0.39, 0.29) is 11.6 Å². The molecule has 0 bridgehead atoms. The molecule has 0 aromatic heterocycles. The minimum absolute atomic E-state index is 0.209. The first-order valence-electron chi connectivity index (χ1n) is 6.45. The summed E-state index contributed by atoms with van der Waals surface area (Å²) in [4.78, 5) is 2.17. The Labute approximate surface area is 116 Å². The Morgan fingerprint density at radius 2 is 1.84 bits per heavy atom. The van der Waals surface area contributed by atoms with Crippen molar-refractivity contribution in [2.75, 3.05) is 28.3 Å². The van der Waals surface area contributed by atoms with Crippen molar-refractivity contribution in [2.45, 2.75) is 31.8 Å². The first-order chi connectivity index (χ1) is 8.78. The molecule has 2 N–H and O–H groups in total. The van der Waals surface area contributed by atoms with Gasteiger partial charge in [-0.1, -0.05) is 6.07 Å². The second-order valence-electron chi connectivity index (χ2n) is 5.78. The van der Waals surface area contributed by atoms with Crippen LogP contribution < -0.4 is 15.2 Å². The molecule has 1 unspecified atom stereocenters. The molecule has 0 aliphatic heterocycles. The molecule has 0 radical (unpaired) electrons. The molecule has 0 aliphatic rings. The molecule has 1 rings (SSSR count). The minimum atomic E-state index is -0.236. The van der Waals surface area contributed by atoms with Crippen molar-refractivity contribution in [3.8, 4) is 11.5 Å². The van der Waals surface area contributed by atoms with Gasteiger partial charge in [-0.05, 0) is 40.4 Å². The fourth-order valence-electron chi connectivity index (χ4n) is 2.16. The zero-order valence-electron chi connectivity index (χ0n) is 12.9. The number of hydrogen-bond donors (Lipinski definition) is 1. The van der Waals surface area contributed by atoms with Crippen molar-refractivity contribution in [3.63, 3.8) is 0 Å². The van der Waals surface area contributed by atoms with Gasteiger partial charge >= 0.3 is 0 Å². The summed E-state index contributed by atoms with van der Waals surface area (Å²) in [5, 5.41) is 0. The predicted molar refractivity (Wildman–Crippen MR) is 78.9 cm³/mol. The monoisotopic (exact) mass is 266 g/mol. The van der Waals surface area contributed by atoms with Gasteiger partial charge in [0.15, 0.2) is 0 Å². The Hall–Kier alpha value is -1.26. The third-order valence-corrected chi connectivity index (χ3v) is 3.14. The highest BCUT2D eigenvalue weighted by molar-refractivity contribution is 5.42. The standard InChI is InChI=1S/C15H26N2O2/c1-15(2,16)10-13(17(3)4)12-8-7-11(18-5)9-14(12)19-6/h7-9,13H,10,16H2,1-6H3. The summed E-state index contributed by atoms with van der Waals surface area (Å²) in [6.07, 6.45) is 0.850. The van der Waals surface area contributed by atoms with Crippen LogP contribution in [0, 0.1) is 0 Å². The van der Waals surface area contributed by atoms with E-state index in [1.807, 2.05) is 32.0 Å². The molecular weight excluding hydrogens is 240 g/mol. The Morgan fingerprint density at radius 1 is 1.21 bits per heavy atom. The van der Waals surface area contributed by atoms with Crippen molar-refractivity contribution < 1.29 is 9.47 Å². The van der Waals surface area contributed by atoms with Crippen molar-refractivity contribution >= 4 is 0 Å². The van der Waals surface area contributed by atoms with Crippen LogP contribution in [0.15, 0.2) is 18.2 Å². The van der Waals surface area contributed by atoms with E-state index < -0.39 is 0 Å². The summed E-state index contributed by atoms with van der Waals surface area (Å²) >= 11 is 0. The number of hydrogen-bond acceptors (Lipinski definition) is 4. The molecule has 108 valence electrons. The van der Waals surface area contributed by atoms with Crippen LogP contribution >= 0.6 is 0 Å². The Bertz CT molecular complexity index is 411. The molecular formula is C15H26N2O2. The van der Waals surface area contributed by atoms with Gasteiger partial charge in [0.25, 0.3) is 0 Å². The number of benzene rings is 1. The Kier molecular flexibility index (Phi) is 5.20. The molecule has 4 heteroatoms. The largest absolute Gasteiger partial charge is 0.497 e. The van der Waals surface area contributed by atoms with Crippen molar-refractivity contribution in [2.24, 2.45) is 5.73 Å². The zero-order chi connectivity index (χ0) is 14.6. The minimum Gasteiger partial charge on any atom is -0.497 e. The van der Waals surface area contributed by atoms with E-state index in [0.717, 1.165) is 23.5 Å². The number of ether oxygens (including phenoxy) is 2. The maximum absolute atomic E-state index is 6.17. The van der Waals surface area contributed by atoms with E-state index in [0.29, 0.717) is 0 Å². The highest BCUT2D eigenvalue weighted by atomic mass is 16.5. The first-order valence-corrected chi connectivity index (χ1v) is 6.45. The highest BCUT2D eigenvalue weighted by Gasteiger charge is 2.25. The lowest BCUT2D eigenvalue weighted by Crippen LogP contribution is -2.37. The van der Waals surface area contributed by atoms with Gasteiger partial charge in [0.05, 0.1) is 14.2 Å². The normalized spacial score (nSPS) is 13.5. The average Bonchev–Trinajstić information content (AvgIpc) is 2.34. The van der Waals surface area contributed by atoms with Crippen molar-refractivity contribution in [1.82, 2.24) is 4.90 Å². The number of rotatable bonds is 6. The summed E-state index contributed by atoms with van der Waals surface area (Å²) in [5.74, 6) is 1.63. The Balaban J connectivity index is 3.15. The number of nitrogens with two attached hydrogens (primary N) is 1.